The molecule has 0 saturated carbocycles. The summed E-state index contributed by atoms with van der Waals surface area (Å²) >= 11 is 0. The molecule has 0 aromatic heterocycles. The monoisotopic (exact) mass is 262 g/mol. The lowest BCUT2D eigenvalue weighted by Gasteiger charge is -2.25. The Hall–Kier alpha value is -1.39. The molecule has 2 atom stereocenters. The number of nitrogens with two attached hydrogens (primary N) is 1. The molecule has 4 heteroatoms. The fourth-order valence-electron chi connectivity index (χ4n) is 2.44. The first-order valence-corrected chi connectivity index (χ1v) is 6.89. The molecule has 0 radical (unpaired) electrons. The van der Waals surface area contributed by atoms with Crippen molar-refractivity contribution in [3.63, 3.8) is 0 Å². The van der Waals surface area contributed by atoms with Gasteiger partial charge in [-0.2, -0.15) is 0 Å². The molecule has 1 aromatic rings. The van der Waals surface area contributed by atoms with Crippen LogP contribution in [-0.2, 0) is 16.1 Å². The van der Waals surface area contributed by atoms with E-state index in [1.54, 1.807) is 4.90 Å². The zero-order chi connectivity index (χ0) is 13.8. The average Bonchev–Trinajstić information content (AvgIpc) is 2.86. The number of carbonyl (C=O) groups excluding carboxylic acids is 1. The van der Waals surface area contributed by atoms with Gasteiger partial charge in [0.2, 0.25) is 0 Å². The number of amides is 1. The minimum absolute atomic E-state index is 0.0630. The van der Waals surface area contributed by atoms with Gasteiger partial charge >= 0.3 is 0 Å². The van der Waals surface area contributed by atoms with Gasteiger partial charge in [0.1, 0.15) is 6.10 Å². The zero-order valence-corrected chi connectivity index (χ0v) is 11.6. The lowest BCUT2D eigenvalue weighted by atomic mass is 10.0. The first-order chi connectivity index (χ1) is 9.17. The van der Waals surface area contributed by atoms with E-state index in [-0.39, 0.29) is 12.0 Å². The first-order valence-electron chi connectivity index (χ1n) is 6.89. The molecule has 1 saturated heterocycles. The van der Waals surface area contributed by atoms with Gasteiger partial charge in [-0.1, -0.05) is 19.1 Å². The molecule has 0 bridgehead atoms. The van der Waals surface area contributed by atoms with Crippen LogP contribution in [0.25, 0.3) is 0 Å². The summed E-state index contributed by atoms with van der Waals surface area (Å²) in [5, 5.41) is 0. The number of anilines is 1. The number of hydrogen-bond donors (Lipinski definition) is 1. The maximum absolute atomic E-state index is 12.5. The van der Waals surface area contributed by atoms with E-state index in [4.69, 9.17) is 10.5 Å². The lowest BCUT2D eigenvalue weighted by molar-refractivity contribution is -0.128. The summed E-state index contributed by atoms with van der Waals surface area (Å²) in [4.78, 5) is 14.3. The summed E-state index contributed by atoms with van der Waals surface area (Å²) in [6.07, 6.45) is 0.661. The van der Waals surface area contributed by atoms with Crippen LogP contribution in [-0.4, -0.2) is 25.2 Å². The van der Waals surface area contributed by atoms with Gasteiger partial charge in [-0.05, 0) is 37.0 Å². The van der Waals surface area contributed by atoms with Crippen molar-refractivity contribution in [2.45, 2.75) is 32.9 Å². The molecular weight excluding hydrogens is 240 g/mol. The molecule has 1 aliphatic heterocycles. The fourth-order valence-corrected chi connectivity index (χ4v) is 2.44. The van der Waals surface area contributed by atoms with E-state index in [2.05, 4.69) is 6.92 Å². The smallest absolute Gasteiger partial charge is 0.256 e. The minimum Gasteiger partial charge on any atom is -0.368 e. The van der Waals surface area contributed by atoms with Gasteiger partial charge in [0, 0.05) is 25.4 Å². The largest absolute Gasteiger partial charge is 0.368 e. The average molecular weight is 262 g/mol. The predicted molar refractivity (Wildman–Crippen MR) is 75.9 cm³/mol. The third-order valence-electron chi connectivity index (χ3n) is 3.70. The second-order valence-electron chi connectivity index (χ2n) is 5.01. The number of hydrogen-bond acceptors (Lipinski definition) is 3. The number of ether oxygens (including phenoxy) is 1. The summed E-state index contributed by atoms with van der Waals surface area (Å²) in [6.45, 7) is 5.90. The highest BCUT2D eigenvalue weighted by atomic mass is 16.5. The van der Waals surface area contributed by atoms with Crippen LogP contribution in [0.2, 0.25) is 0 Å². The van der Waals surface area contributed by atoms with Crippen LogP contribution in [0.15, 0.2) is 24.3 Å². The Morgan fingerprint density at radius 3 is 2.58 bits per heavy atom. The van der Waals surface area contributed by atoms with Crippen molar-refractivity contribution in [1.82, 2.24) is 0 Å². The van der Waals surface area contributed by atoms with Crippen LogP contribution in [0, 0.1) is 5.92 Å². The third kappa shape index (κ3) is 2.96. The molecule has 19 heavy (non-hydrogen) atoms. The van der Waals surface area contributed by atoms with Gasteiger partial charge < -0.3 is 15.4 Å². The van der Waals surface area contributed by atoms with Crippen molar-refractivity contribution in [3.8, 4) is 0 Å². The molecule has 1 heterocycles. The second kappa shape index (κ2) is 6.17. The molecule has 1 amide bonds. The molecule has 4 nitrogen and oxygen atoms in total. The van der Waals surface area contributed by atoms with Gasteiger partial charge in [-0.3, -0.25) is 4.79 Å². The van der Waals surface area contributed by atoms with E-state index in [9.17, 15) is 4.79 Å². The lowest BCUT2D eigenvalue weighted by Crippen LogP contribution is -2.41. The molecule has 2 N–H and O–H groups in total. The number of benzene rings is 1. The Labute approximate surface area is 114 Å². The number of carbonyl (C=O) groups is 1. The summed E-state index contributed by atoms with van der Waals surface area (Å²) < 4.78 is 5.56. The highest BCUT2D eigenvalue weighted by Crippen LogP contribution is 2.24. The van der Waals surface area contributed by atoms with E-state index in [1.807, 2.05) is 31.2 Å². The van der Waals surface area contributed by atoms with Crippen LogP contribution >= 0.6 is 0 Å². The molecule has 0 spiro atoms. The molecule has 104 valence electrons. The van der Waals surface area contributed by atoms with Crippen molar-refractivity contribution in [1.29, 1.82) is 0 Å². The van der Waals surface area contributed by atoms with Crippen molar-refractivity contribution in [2.24, 2.45) is 11.7 Å². The van der Waals surface area contributed by atoms with Crippen LogP contribution in [0.1, 0.15) is 25.8 Å². The van der Waals surface area contributed by atoms with Gasteiger partial charge in [0.05, 0.1) is 0 Å². The molecule has 2 rings (SSSR count). The van der Waals surface area contributed by atoms with Crippen molar-refractivity contribution in [3.05, 3.63) is 29.8 Å². The fraction of sp³-hybridized carbons (Fsp3) is 0.533. The van der Waals surface area contributed by atoms with Crippen LogP contribution in [0.5, 0.6) is 0 Å². The summed E-state index contributed by atoms with van der Waals surface area (Å²) in [7, 11) is 0. The predicted octanol–water partition coefficient (Wildman–Crippen LogP) is 1.92. The second-order valence-corrected chi connectivity index (χ2v) is 5.01. The van der Waals surface area contributed by atoms with Crippen LogP contribution in [0.3, 0.4) is 0 Å². The van der Waals surface area contributed by atoms with E-state index in [0.717, 1.165) is 17.7 Å². The van der Waals surface area contributed by atoms with E-state index < -0.39 is 0 Å². The van der Waals surface area contributed by atoms with Gasteiger partial charge in [0.25, 0.3) is 5.91 Å². The minimum atomic E-state index is -0.297. The highest BCUT2D eigenvalue weighted by Gasteiger charge is 2.34. The van der Waals surface area contributed by atoms with E-state index >= 15 is 0 Å². The topological polar surface area (TPSA) is 55.6 Å². The van der Waals surface area contributed by atoms with E-state index in [1.165, 1.54) is 0 Å². The normalized spacial score (nSPS) is 22.5. The molecule has 2 unspecified atom stereocenters. The Bertz CT molecular complexity index is 430. The van der Waals surface area contributed by atoms with E-state index in [0.29, 0.717) is 25.6 Å². The van der Waals surface area contributed by atoms with Crippen molar-refractivity contribution >= 4 is 11.6 Å². The summed E-state index contributed by atoms with van der Waals surface area (Å²) in [6, 6.07) is 7.82. The Morgan fingerprint density at radius 1 is 1.42 bits per heavy atom. The van der Waals surface area contributed by atoms with Crippen LogP contribution in [0.4, 0.5) is 5.69 Å². The number of likely N-dealkylation sites (N-methyl/N-ethyl adjacent to an activating group) is 1. The third-order valence-corrected chi connectivity index (χ3v) is 3.70. The summed E-state index contributed by atoms with van der Waals surface area (Å²) in [5.41, 5.74) is 7.56. The number of rotatable bonds is 4. The number of nitrogens with zero attached hydrogens (tertiary/aromatic N) is 1. The molecule has 1 aromatic carbocycles. The molecule has 1 fully saturated rings. The maximum Gasteiger partial charge on any atom is 0.256 e. The molecular formula is C15H22N2O2. The quantitative estimate of drug-likeness (QED) is 0.902. The Kier molecular flexibility index (Phi) is 4.56. The maximum atomic E-state index is 12.5. The van der Waals surface area contributed by atoms with Gasteiger partial charge in [0.15, 0.2) is 0 Å². The van der Waals surface area contributed by atoms with Gasteiger partial charge in [-0.25, -0.2) is 0 Å². The van der Waals surface area contributed by atoms with Crippen molar-refractivity contribution < 1.29 is 9.53 Å². The molecule has 1 aliphatic rings. The van der Waals surface area contributed by atoms with Crippen molar-refractivity contribution in [2.75, 3.05) is 18.1 Å². The van der Waals surface area contributed by atoms with Gasteiger partial charge in [-0.15, -0.1) is 0 Å². The SMILES string of the molecule is CCN(C(=O)C1OCCC1C)c1ccc(CN)cc1. The molecule has 0 aliphatic carbocycles. The van der Waals surface area contributed by atoms with Crippen LogP contribution < -0.4 is 10.6 Å². The highest BCUT2D eigenvalue weighted by molar-refractivity contribution is 5.96. The standard InChI is InChI=1S/C15H22N2O2/c1-3-17(13-6-4-12(10-16)5-7-13)15(18)14-11(2)8-9-19-14/h4-7,11,14H,3,8-10,16H2,1-2H3. The first kappa shape index (κ1) is 14.0. The zero-order valence-electron chi connectivity index (χ0n) is 11.6. The Balaban J connectivity index is 2.16. The Morgan fingerprint density at radius 2 is 2.11 bits per heavy atom. The summed E-state index contributed by atoms with van der Waals surface area (Å²) in [5.74, 6) is 0.359.